The summed E-state index contributed by atoms with van der Waals surface area (Å²) in [6.45, 7) is 0.869. The highest BCUT2D eigenvalue weighted by molar-refractivity contribution is 4.95. The molecular formula is C13H20F3N3O. The lowest BCUT2D eigenvalue weighted by Gasteiger charge is -2.27. The predicted molar refractivity (Wildman–Crippen MR) is 67.3 cm³/mol. The molecule has 1 aliphatic rings. The second-order valence-corrected chi connectivity index (χ2v) is 5.33. The second kappa shape index (κ2) is 6.56. The summed E-state index contributed by atoms with van der Waals surface area (Å²) in [5.41, 5.74) is 0. The standard InChI is InChI=1S/C13H20F3N3O/c1-17-8-2-3-11-18-19-12(20-11)9-4-6-10(7-5-9)13(14,15)16/h9-10,17H,2-8H2,1H3. The molecule has 0 aromatic carbocycles. The van der Waals surface area contributed by atoms with E-state index in [1.54, 1.807) is 0 Å². The highest BCUT2D eigenvalue weighted by atomic mass is 19.4. The Morgan fingerprint density at radius 1 is 1.20 bits per heavy atom. The van der Waals surface area contributed by atoms with Gasteiger partial charge in [-0.2, -0.15) is 13.2 Å². The molecule has 1 aromatic rings. The minimum absolute atomic E-state index is 0.0147. The van der Waals surface area contributed by atoms with Crippen LogP contribution in [-0.4, -0.2) is 30.0 Å². The number of halogens is 3. The van der Waals surface area contributed by atoms with Gasteiger partial charge in [0.05, 0.1) is 5.92 Å². The quantitative estimate of drug-likeness (QED) is 0.847. The van der Waals surface area contributed by atoms with E-state index in [9.17, 15) is 13.2 Å². The van der Waals surface area contributed by atoms with Crippen molar-refractivity contribution in [2.75, 3.05) is 13.6 Å². The lowest BCUT2D eigenvalue weighted by atomic mass is 9.81. The topological polar surface area (TPSA) is 51.0 Å². The van der Waals surface area contributed by atoms with E-state index < -0.39 is 12.1 Å². The molecule has 0 unspecified atom stereocenters. The van der Waals surface area contributed by atoms with Gasteiger partial charge in [0.1, 0.15) is 0 Å². The van der Waals surface area contributed by atoms with Gasteiger partial charge in [-0.25, -0.2) is 0 Å². The van der Waals surface area contributed by atoms with Gasteiger partial charge in [0.2, 0.25) is 11.8 Å². The number of alkyl halides is 3. The smallest absolute Gasteiger partial charge is 0.391 e. The average Bonchev–Trinajstić information content (AvgIpc) is 2.87. The van der Waals surface area contributed by atoms with Crippen molar-refractivity contribution in [3.05, 3.63) is 11.8 Å². The fourth-order valence-corrected chi connectivity index (χ4v) is 2.62. The summed E-state index contributed by atoms with van der Waals surface area (Å²) in [5.74, 6) is -0.103. The Labute approximate surface area is 116 Å². The fraction of sp³-hybridized carbons (Fsp3) is 0.846. The molecule has 1 aliphatic carbocycles. The van der Waals surface area contributed by atoms with Gasteiger partial charge in [-0.05, 0) is 45.7 Å². The van der Waals surface area contributed by atoms with E-state index in [1.807, 2.05) is 7.05 Å². The summed E-state index contributed by atoms with van der Waals surface area (Å²) in [6, 6.07) is 0. The first-order valence-electron chi connectivity index (χ1n) is 7.04. The number of hydrogen-bond acceptors (Lipinski definition) is 4. The normalized spacial score (nSPS) is 24.0. The van der Waals surface area contributed by atoms with Gasteiger partial charge in [0.25, 0.3) is 0 Å². The Balaban J connectivity index is 1.84. The SMILES string of the molecule is CNCCCc1nnc(C2CCC(C(F)(F)F)CC2)o1. The van der Waals surface area contributed by atoms with Gasteiger partial charge in [-0.1, -0.05) is 0 Å². The molecule has 2 rings (SSSR count). The molecule has 0 amide bonds. The van der Waals surface area contributed by atoms with E-state index >= 15 is 0 Å². The summed E-state index contributed by atoms with van der Waals surface area (Å²) < 4.78 is 43.3. The van der Waals surface area contributed by atoms with Crippen LogP contribution in [0.2, 0.25) is 0 Å². The number of rotatable bonds is 5. The Bertz CT molecular complexity index is 411. The molecule has 1 fully saturated rings. The van der Waals surface area contributed by atoms with Gasteiger partial charge < -0.3 is 9.73 Å². The van der Waals surface area contributed by atoms with E-state index in [-0.39, 0.29) is 18.8 Å². The molecular weight excluding hydrogens is 271 g/mol. The van der Waals surface area contributed by atoms with Crippen LogP contribution in [0.3, 0.4) is 0 Å². The molecule has 1 heterocycles. The molecule has 20 heavy (non-hydrogen) atoms. The Morgan fingerprint density at radius 3 is 2.50 bits per heavy atom. The third kappa shape index (κ3) is 3.94. The summed E-state index contributed by atoms with van der Waals surface area (Å²) in [7, 11) is 1.87. The van der Waals surface area contributed by atoms with Crippen LogP contribution in [0.25, 0.3) is 0 Å². The maximum absolute atomic E-state index is 12.6. The zero-order chi connectivity index (χ0) is 14.6. The molecule has 0 radical (unpaired) electrons. The molecule has 4 nitrogen and oxygen atoms in total. The van der Waals surface area contributed by atoms with Gasteiger partial charge >= 0.3 is 6.18 Å². The molecule has 0 saturated heterocycles. The first kappa shape index (κ1) is 15.3. The molecule has 1 aromatic heterocycles. The second-order valence-electron chi connectivity index (χ2n) is 5.33. The highest BCUT2D eigenvalue weighted by Crippen LogP contribution is 2.42. The summed E-state index contributed by atoms with van der Waals surface area (Å²) >= 11 is 0. The van der Waals surface area contributed by atoms with Gasteiger partial charge in [-0.15, -0.1) is 10.2 Å². The molecule has 114 valence electrons. The largest absolute Gasteiger partial charge is 0.425 e. The van der Waals surface area contributed by atoms with Crippen molar-refractivity contribution in [2.45, 2.75) is 50.6 Å². The van der Waals surface area contributed by atoms with Crippen molar-refractivity contribution in [2.24, 2.45) is 5.92 Å². The number of aromatic nitrogens is 2. The van der Waals surface area contributed by atoms with Crippen LogP contribution < -0.4 is 5.32 Å². The molecule has 0 atom stereocenters. The van der Waals surface area contributed by atoms with Crippen LogP contribution in [-0.2, 0) is 6.42 Å². The molecule has 7 heteroatoms. The molecule has 1 N–H and O–H groups in total. The number of nitrogens with zero attached hydrogens (tertiary/aromatic N) is 2. The molecule has 0 spiro atoms. The Kier molecular flexibility index (Phi) is 5.01. The summed E-state index contributed by atoms with van der Waals surface area (Å²) in [6.07, 6.45) is -1.20. The zero-order valence-corrected chi connectivity index (χ0v) is 11.5. The molecule has 0 aliphatic heterocycles. The van der Waals surface area contributed by atoms with Crippen LogP contribution in [0.1, 0.15) is 49.8 Å². The number of hydrogen-bond donors (Lipinski definition) is 1. The maximum atomic E-state index is 12.6. The van der Waals surface area contributed by atoms with Crippen molar-refractivity contribution in [3.8, 4) is 0 Å². The predicted octanol–water partition coefficient (Wildman–Crippen LogP) is 3.06. The van der Waals surface area contributed by atoms with Crippen molar-refractivity contribution < 1.29 is 17.6 Å². The summed E-state index contributed by atoms with van der Waals surface area (Å²) in [5, 5.41) is 11.0. The minimum atomic E-state index is -4.07. The molecule has 0 bridgehead atoms. The van der Waals surface area contributed by atoms with Crippen molar-refractivity contribution in [1.82, 2.24) is 15.5 Å². The van der Waals surface area contributed by atoms with Crippen LogP contribution >= 0.6 is 0 Å². The van der Waals surface area contributed by atoms with Crippen molar-refractivity contribution >= 4 is 0 Å². The van der Waals surface area contributed by atoms with Crippen molar-refractivity contribution in [1.29, 1.82) is 0 Å². The first-order valence-corrected chi connectivity index (χ1v) is 7.04. The monoisotopic (exact) mass is 291 g/mol. The van der Waals surface area contributed by atoms with E-state index in [4.69, 9.17) is 4.42 Å². The van der Waals surface area contributed by atoms with Gasteiger partial charge in [0, 0.05) is 12.3 Å². The third-order valence-corrected chi connectivity index (χ3v) is 3.84. The molecule has 1 saturated carbocycles. The van der Waals surface area contributed by atoms with Gasteiger partial charge in [-0.3, -0.25) is 0 Å². The lowest BCUT2D eigenvalue weighted by Crippen LogP contribution is -2.27. The van der Waals surface area contributed by atoms with Crippen molar-refractivity contribution in [3.63, 3.8) is 0 Å². The van der Waals surface area contributed by atoms with Gasteiger partial charge in [0.15, 0.2) is 0 Å². The highest BCUT2D eigenvalue weighted by Gasteiger charge is 2.42. The van der Waals surface area contributed by atoms with E-state index in [0.29, 0.717) is 31.0 Å². The van der Waals surface area contributed by atoms with E-state index in [1.165, 1.54) is 0 Å². The van der Waals surface area contributed by atoms with Crippen LogP contribution in [0.15, 0.2) is 4.42 Å². The van der Waals surface area contributed by atoms with Crippen LogP contribution in [0.5, 0.6) is 0 Å². The first-order chi connectivity index (χ1) is 9.50. The van der Waals surface area contributed by atoms with E-state index in [0.717, 1.165) is 13.0 Å². The Morgan fingerprint density at radius 2 is 1.90 bits per heavy atom. The maximum Gasteiger partial charge on any atom is 0.391 e. The lowest BCUT2D eigenvalue weighted by molar-refractivity contribution is -0.182. The van der Waals surface area contributed by atoms with Crippen LogP contribution in [0.4, 0.5) is 13.2 Å². The zero-order valence-electron chi connectivity index (χ0n) is 11.5. The third-order valence-electron chi connectivity index (χ3n) is 3.84. The summed E-state index contributed by atoms with van der Waals surface area (Å²) in [4.78, 5) is 0. The van der Waals surface area contributed by atoms with E-state index in [2.05, 4.69) is 15.5 Å². The minimum Gasteiger partial charge on any atom is -0.425 e. The average molecular weight is 291 g/mol. The number of nitrogens with one attached hydrogen (secondary N) is 1. The fourth-order valence-electron chi connectivity index (χ4n) is 2.62. The Hall–Kier alpha value is -1.11. The number of aryl methyl sites for hydroxylation is 1. The van der Waals surface area contributed by atoms with Crippen LogP contribution in [0, 0.1) is 5.92 Å².